The van der Waals surface area contributed by atoms with Gasteiger partial charge in [-0.2, -0.15) is 5.10 Å². The Balaban J connectivity index is 1.63. The minimum absolute atomic E-state index is 0.0191. The molecule has 1 aliphatic rings. The van der Waals surface area contributed by atoms with Gasteiger partial charge in [0, 0.05) is 23.1 Å². The molecule has 3 aromatic heterocycles. The van der Waals surface area contributed by atoms with Crippen LogP contribution < -0.4 is 15.4 Å². The Morgan fingerprint density at radius 1 is 1.12 bits per heavy atom. The Hall–Kier alpha value is -3.87. The van der Waals surface area contributed by atoms with Crippen LogP contribution in [0.3, 0.4) is 0 Å². The first-order chi connectivity index (χ1) is 16.3. The van der Waals surface area contributed by atoms with E-state index in [4.69, 9.17) is 0 Å². The van der Waals surface area contributed by atoms with Crippen LogP contribution in [-0.4, -0.2) is 35.0 Å². The van der Waals surface area contributed by atoms with E-state index in [9.17, 15) is 18.0 Å². The van der Waals surface area contributed by atoms with Gasteiger partial charge in [-0.3, -0.25) is 10.1 Å². The van der Waals surface area contributed by atoms with Crippen LogP contribution in [0.4, 0.5) is 4.79 Å². The van der Waals surface area contributed by atoms with Crippen LogP contribution in [-0.2, 0) is 21.4 Å². The van der Waals surface area contributed by atoms with Crippen molar-refractivity contribution in [3.8, 4) is 10.6 Å². The molecule has 10 nitrogen and oxygen atoms in total. The molecule has 0 aliphatic carbocycles. The molecule has 4 aromatic rings. The van der Waals surface area contributed by atoms with E-state index in [1.807, 2.05) is 49.4 Å². The van der Waals surface area contributed by atoms with Gasteiger partial charge in [0.15, 0.2) is 10.7 Å². The summed E-state index contributed by atoms with van der Waals surface area (Å²) in [6.45, 7) is 2.05. The molecular formula is C22H18N6O4S2. The Morgan fingerprint density at radius 3 is 2.59 bits per heavy atom. The summed E-state index contributed by atoms with van der Waals surface area (Å²) in [5.74, 6) is -0.591. The molecule has 1 saturated heterocycles. The second-order valence-electron chi connectivity index (χ2n) is 7.50. The van der Waals surface area contributed by atoms with Crippen LogP contribution in [0.2, 0.25) is 0 Å². The minimum atomic E-state index is -4.00. The van der Waals surface area contributed by atoms with Crippen molar-refractivity contribution in [1.82, 2.24) is 30.0 Å². The van der Waals surface area contributed by atoms with Gasteiger partial charge in [-0.25, -0.2) is 27.4 Å². The number of urea groups is 1. The van der Waals surface area contributed by atoms with Crippen molar-refractivity contribution in [1.29, 1.82) is 0 Å². The summed E-state index contributed by atoms with van der Waals surface area (Å²) in [5, 5.41) is 8.65. The largest absolute Gasteiger partial charge is 0.326 e. The number of hydrogen-bond acceptors (Lipinski definition) is 7. The molecule has 12 heteroatoms. The topological polar surface area (TPSA) is 135 Å². The number of rotatable bonds is 6. The van der Waals surface area contributed by atoms with Crippen LogP contribution in [0.25, 0.3) is 22.3 Å². The minimum Gasteiger partial charge on any atom is -0.303 e. The number of thiophene rings is 1. The van der Waals surface area contributed by atoms with Crippen LogP contribution in [0, 0.1) is 6.92 Å². The molecule has 0 bridgehead atoms. The van der Waals surface area contributed by atoms with Crippen LogP contribution in [0.15, 0.2) is 65.5 Å². The van der Waals surface area contributed by atoms with Gasteiger partial charge >= 0.3 is 6.03 Å². The highest BCUT2D eigenvalue weighted by Crippen LogP contribution is 2.29. The van der Waals surface area contributed by atoms with Gasteiger partial charge in [-0.05, 0) is 30.7 Å². The summed E-state index contributed by atoms with van der Waals surface area (Å²) < 4.78 is 30.5. The van der Waals surface area contributed by atoms with Gasteiger partial charge in [0.1, 0.15) is 5.70 Å². The normalized spacial score (nSPS) is 15.1. The van der Waals surface area contributed by atoms with Crippen molar-refractivity contribution >= 4 is 45.0 Å². The number of carbonyl (C=O) groups is 2. The van der Waals surface area contributed by atoms with E-state index in [2.05, 4.69) is 25.4 Å². The van der Waals surface area contributed by atoms with E-state index in [1.165, 1.54) is 34.2 Å². The number of carbonyl (C=O) groups excluding carboxylic acids is 2. The van der Waals surface area contributed by atoms with Gasteiger partial charge in [-0.15, -0.1) is 11.3 Å². The third-order valence-corrected chi connectivity index (χ3v) is 7.45. The summed E-state index contributed by atoms with van der Waals surface area (Å²) >= 11 is 1.48. The van der Waals surface area contributed by atoms with Crippen molar-refractivity contribution in [2.24, 2.45) is 0 Å². The zero-order valence-corrected chi connectivity index (χ0v) is 19.4. The van der Waals surface area contributed by atoms with Crippen LogP contribution in [0.5, 0.6) is 0 Å². The molecule has 0 unspecified atom stereocenters. The number of benzene rings is 1. The highest BCUT2D eigenvalue weighted by atomic mass is 32.2. The Labute approximate surface area is 198 Å². The summed E-state index contributed by atoms with van der Waals surface area (Å²) in [6.07, 6.45) is 2.81. The van der Waals surface area contributed by atoms with Crippen molar-refractivity contribution in [2.45, 2.75) is 18.5 Å². The molecular weight excluding hydrogens is 476 g/mol. The van der Waals surface area contributed by atoms with Crippen molar-refractivity contribution in [3.05, 3.63) is 76.4 Å². The van der Waals surface area contributed by atoms with E-state index in [-0.39, 0.29) is 22.9 Å². The predicted molar refractivity (Wildman–Crippen MR) is 126 cm³/mol. The third kappa shape index (κ3) is 4.21. The quantitative estimate of drug-likeness (QED) is 0.214. The molecule has 34 heavy (non-hydrogen) atoms. The predicted octanol–water partition coefficient (Wildman–Crippen LogP) is 2.43. The standard InChI is InChI=1S/C22H18N6O4S2/c1-13-7-8-18(33-13)16-10-19(34(31,32)24-11-14-5-3-2-4-6-14)28-20(25-16)15(12-23-28)9-17-21(29)27-22(30)26-17/h2-10,12,24H,11H2,1H3,(H2,26,27,29,30)/b17-9-. The maximum atomic E-state index is 13.3. The third-order valence-electron chi connectivity index (χ3n) is 5.06. The second kappa shape index (κ2) is 8.48. The maximum Gasteiger partial charge on any atom is 0.326 e. The molecule has 5 rings (SSSR count). The molecule has 172 valence electrons. The fourth-order valence-corrected chi connectivity index (χ4v) is 5.39. The molecule has 0 atom stereocenters. The number of amides is 3. The lowest BCUT2D eigenvalue weighted by Crippen LogP contribution is -2.25. The van der Waals surface area contributed by atoms with Crippen LogP contribution in [0.1, 0.15) is 16.0 Å². The van der Waals surface area contributed by atoms with Gasteiger partial charge in [0.05, 0.1) is 16.8 Å². The van der Waals surface area contributed by atoms with E-state index in [0.29, 0.717) is 11.3 Å². The van der Waals surface area contributed by atoms with E-state index in [1.54, 1.807) is 0 Å². The van der Waals surface area contributed by atoms with Crippen molar-refractivity contribution in [3.63, 3.8) is 0 Å². The molecule has 0 spiro atoms. The molecule has 0 radical (unpaired) electrons. The van der Waals surface area contributed by atoms with Gasteiger partial charge < -0.3 is 5.32 Å². The van der Waals surface area contributed by atoms with Gasteiger partial charge in [0.25, 0.3) is 15.9 Å². The first kappa shape index (κ1) is 21.9. The highest BCUT2D eigenvalue weighted by molar-refractivity contribution is 7.89. The molecule has 3 N–H and O–H groups in total. The number of fused-ring (bicyclic) bond motifs is 1. The summed E-state index contributed by atoms with van der Waals surface area (Å²) in [7, 11) is -4.00. The smallest absolute Gasteiger partial charge is 0.303 e. The van der Waals surface area contributed by atoms with Crippen LogP contribution >= 0.6 is 11.3 Å². The zero-order chi connectivity index (χ0) is 23.9. The fourth-order valence-electron chi connectivity index (χ4n) is 3.43. The summed E-state index contributed by atoms with van der Waals surface area (Å²) in [4.78, 5) is 29.9. The number of hydrogen-bond donors (Lipinski definition) is 3. The SMILES string of the molecule is Cc1ccc(-c2cc(S(=O)(=O)NCc3ccccc3)n3ncc(/C=C4\NC(=O)NC4=O)c3n2)s1. The van der Waals surface area contributed by atoms with E-state index in [0.717, 1.165) is 15.3 Å². The Kier molecular flexibility index (Phi) is 5.48. The number of imide groups is 1. The molecule has 1 aromatic carbocycles. The lowest BCUT2D eigenvalue weighted by atomic mass is 10.2. The number of sulfonamides is 1. The zero-order valence-electron chi connectivity index (χ0n) is 17.8. The monoisotopic (exact) mass is 494 g/mol. The average Bonchev–Trinajstić information content (AvgIpc) is 3.51. The molecule has 0 saturated carbocycles. The lowest BCUT2D eigenvalue weighted by molar-refractivity contribution is -0.115. The number of aromatic nitrogens is 3. The van der Waals surface area contributed by atoms with Gasteiger partial charge in [0.2, 0.25) is 0 Å². The maximum absolute atomic E-state index is 13.3. The number of aryl methyl sites for hydroxylation is 1. The Bertz CT molecular complexity index is 1570. The van der Waals surface area contributed by atoms with E-state index < -0.39 is 22.0 Å². The number of nitrogens with zero attached hydrogens (tertiary/aromatic N) is 3. The van der Waals surface area contributed by atoms with Crippen molar-refractivity contribution < 1.29 is 18.0 Å². The molecule has 1 aliphatic heterocycles. The molecule has 1 fully saturated rings. The van der Waals surface area contributed by atoms with Crippen molar-refractivity contribution in [2.75, 3.05) is 0 Å². The second-order valence-corrected chi connectivity index (χ2v) is 10.5. The first-order valence-electron chi connectivity index (χ1n) is 10.1. The highest BCUT2D eigenvalue weighted by Gasteiger charge is 2.26. The molecule has 3 amide bonds. The molecule has 4 heterocycles. The van der Waals surface area contributed by atoms with Gasteiger partial charge in [-0.1, -0.05) is 30.3 Å². The lowest BCUT2D eigenvalue weighted by Gasteiger charge is -2.10. The summed E-state index contributed by atoms with van der Waals surface area (Å²) in [5.41, 5.74) is 1.88. The van der Waals surface area contributed by atoms with E-state index >= 15 is 0 Å². The average molecular weight is 495 g/mol. The first-order valence-corrected chi connectivity index (χ1v) is 12.4. The fraction of sp³-hybridized carbons (Fsp3) is 0.0909. The summed E-state index contributed by atoms with van der Waals surface area (Å²) in [6, 6.07) is 13.8. The number of nitrogens with one attached hydrogen (secondary N) is 3. The Morgan fingerprint density at radius 2 is 1.91 bits per heavy atom.